The molecule has 0 spiro atoms. The van der Waals surface area contributed by atoms with Crippen LogP contribution in [0.15, 0.2) is 23.7 Å². The number of anilines is 2. The van der Waals surface area contributed by atoms with Gasteiger partial charge in [-0.2, -0.15) is 0 Å². The molecule has 1 aliphatic heterocycles. The van der Waals surface area contributed by atoms with Gasteiger partial charge in [-0.3, -0.25) is 4.79 Å². The minimum Gasteiger partial charge on any atom is -0.336 e. The zero-order valence-corrected chi connectivity index (χ0v) is 18.8. The van der Waals surface area contributed by atoms with Crippen LogP contribution in [0.2, 0.25) is 0 Å². The summed E-state index contributed by atoms with van der Waals surface area (Å²) >= 11 is 3.17. The molecule has 0 radical (unpaired) electrons. The molecule has 1 amide bonds. The average molecular weight is 431 g/mol. The van der Waals surface area contributed by atoms with Crippen molar-refractivity contribution in [2.24, 2.45) is 0 Å². The molecule has 0 aromatic carbocycles. The predicted molar refractivity (Wildman–Crippen MR) is 120 cm³/mol. The number of thiazole rings is 2. The summed E-state index contributed by atoms with van der Waals surface area (Å²) in [6, 6.07) is 3.63. The van der Waals surface area contributed by atoms with E-state index in [0.717, 1.165) is 52.6 Å². The van der Waals surface area contributed by atoms with Crippen LogP contribution in [-0.2, 0) is 0 Å². The van der Waals surface area contributed by atoms with E-state index in [1.165, 1.54) is 11.3 Å². The summed E-state index contributed by atoms with van der Waals surface area (Å²) in [7, 11) is 0. The molecule has 0 saturated carbocycles. The fraction of sp³-hybridized carbons (Fsp3) is 0.400. The van der Waals surface area contributed by atoms with Crippen molar-refractivity contribution in [1.29, 1.82) is 0 Å². The zero-order valence-electron chi connectivity index (χ0n) is 17.2. The summed E-state index contributed by atoms with van der Waals surface area (Å²) in [5.74, 6) is 0.702. The molecule has 0 aliphatic carbocycles. The Morgan fingerprint density at radius 2 is 1.93 bits per heavy atom. The maximum absolute atomic E-state index is 12.5. The van der Waals surface area contributed by atoms with Crippen molar-refractivity contribution in [3.8, 4) is 10.6 Å². The number of piperazine rings is 1. The molecule has 2 N–H and O–H groups in total. The largest absolute Gasteiger partial charge is 0.336 e. The summed E-state index contributed by atoms with van der Waals surface area (Å²) in [5, 5.41) is 10.3. The van der Waals surface area contributed by atoms with Gasteiger partial charge in [-0.1, -0.05) is 13.8 Å². The number of hydrogen-bond donors (Lipinski definition) is 2. The number of pyridine rings is 1. The van der Waals surface area contributed by atoms with Crippen molar-refractivity contribution in [3.05, 3.63) is 40.0 Å². The third-order valence-corrected chi connectivity index (χ3v) is 6.14. The molecule has 7 nitrogen and oxygen atoms in total. The van der Waals surface area contributed by atoms with Gasteiger partial charge in [0, 0.05) is 37.8 Å². The van der Waals surface area contributed by atoms with E-state index in [2.05, 4.69) is 25.6 Å². The van der Waals surface area contributed by atoms with Crippen LogP contribution in [0.3, 0.4) is 0 Å². The van der Waals surface area contributed by atoms with Gasteiger partial charge in [-0.15, -0.1) is 22.7 Å². The first-order chi connectivity index (χ1) is 14.1. The van der Waals surface area contributed by atoms with Crippen LogP contribution < -0.4 is 10.6 Å². The number of carbonyl (C=O) groups is 1. The summed E-state index contributed by atoms with van der Waals surface area (Å²) in [6.07, 6.45) is 1.62. The first-order valence-corrected chi connectivity index (χ1v) is 11.4. The van der Waals surface area contributed by atoms with Crippen LogP contribution in [0.5, 0.6) is 0 Å². The number of nitrogens with one attached hydrogen (secondary N) is 2. The third-order valence-electron chi connectivity index (χ3n) is 4.29. The van der Waals surface area contributed by atoms with Crippen molar-refractivity contribution in [1.82, 2.24) is 25.2 Å². The van der Waals surface area contributed by atoms with Gasteiger partial charge >= 0.3 is 0 Å². The topological polar surface area (TPSA) is 83.0 Å². The van der Waals surface area contributed by atoms with Gasteiger partial charge < -0.3 is 15.5 Å². The van der Waals surface area contributed by atoms with Gasteiger partial charge in [0.25, 0.3) is 5.91 Å². The minimum atomic E-state index is 0.0307. The number of hydrogen-bond acceptors (Lipinski definition) is 8. The van der Waals surface area contributed by atoms with E-state index in [-0.39, 0.29) is 5.91 Å². The second kappa shape index (κ2) is 9.91. The molecule has 29 heavy (non-hydrogen) atoms. The Labute approximate surface area is 179 Å². The Hall–Kier alpha value is -2.36. The molecular formula is C20H26N6OS2. The van der Waals surface area contributed by atoms with Gasteiger partial charge in [0.2, 0.25) is 0 Å². The SMILES string of the molecule is CC.Cc1nc(C)c(-c2csc(Nc3ccc(C(=O)N4CCNCC4)cn3)n2)s1. The average Bonchev–Trinajstić information content (AvgIpc) is 3.35. The maximum Gasteiger partial charge on any atom is 0.255 e. The highest BCUT2D eigenvalue weighted by molar-refractivity contribution is 7.16. The lowest BCUT2D eigenvalue weighted by molar-refractivity contribution is 0.0735. The zero-order chi connectivity index (χ0) is 20.8. The molecule has 154 valence electrons. The molecule has 3 aromatic rings. The van der Waals surface area contributed by atoms with E-state index in [1.54, 1.807) is 17.5 Å². The van der Waals surface area contributed by atoms with E-state index in [1.807, 2.05) is 50.1 Å². The number of aryl methyl sites for hydroxylation is 2. The molecule has 4 rings (SSSR count). The third kappa shape index (κ3) is 5.17. The Balaban J connectivity index is 0.00000117. The summed E-state index contributed by atoms with van der Waals surface area (Å²) in [6.45, 7) is 11.1. The molecule has 0 atom stereocenters. The quantitative estimate of drug-likeness (QED) is 0.649. The summed E-state index contributed by atoms with van der Waals surface area (Å²) in [4.78, 5) is 28.9. The van der Waals surface area contributed by atoms with Crippen molar-refractivity contribution < 1.29 is 4.79 Å². The molecule has 9 heteroatoms. The molecule has 1 saturated heterocycles. The van der Waals surface area contributed by atoms with E-state index in [0.29, 0.717) is 11.4 Å². The monoisotopic (exact) mass is 430 g/mol. The van der Waals surface area contributed by atoms with Crippen LogP contribution in [0.25, 0.3) is 10.6 Å². The molecule has 1 fully saturated rings. The first kappa shape index (κ1) is 21.4. The Bertz CT molecular complexity index is 944. The number of amides is 1. The number of aromatic nitrogens is 3. The van der Waals surface area contributed by atoms with Gasteiger partial charge in [0.05, 0.1) is 26.8 Å². The molecule has 0 unspecified atom stereocenters. The van der Waals surface area contributed by atoms with Crippen molar-refractivity contribution in [2.75, 3.05) is 31.5 Å². The lowest BCUT2D eigenvalue weighted by Crippen LogP contribution is -2.46. The number of nitrogens with zero attached hydrogens (tertiary/aromatic N) is 4. The second-order valence-electron chi connectivity index (χ2n) is 6.28. The van der Waals surface area contributed by atoms with E-state index >= 15 is 0 Å². The van der Waals surface area contributed by atoms with Crippen LogP contribution in [0, 0.1) is 13.8 Å². The van der Waals surface area contributed by atoms with E-state index < -0.39 is 0 Å². The minimum absolute atomic E-state index is 0.0307. The normalized spacial score (nSPS) is 13.6. The number of rotatable bonds is 4. The number of carbonyl (C=O) groups excluding carboxylic acids is 1. The first-order valence-electron chi connectivity index (χ1n) is 9.73. The Kier molecular flexibility index (Phi) is 7.29. The van der Waals surface area contributed by atoms with Crippen molar-refractivity contribution >= 4 is 39.5 Å². The predicted octanol–water partition coefficient (Wildman–Crippen LogP) is 4.09. The smallest absolute Gasteiger partial charge is 0.255 e. The summed E-state index contributed by atoms with van der Waals surface area (Å²) < 4.78 is 0. The highest BCUT2D eigenvalue weighted by Gasteiger charge is 2.18. The van der Waals surface area contributed by atoms with Gasteiger partial charge in [-0.25, -0.2) is 15.0 Å². The Morgan fingerprint density at radius 3 is 2.55 bits per heavy atom. The maximum atomic E-state index is 12.5. The highest BCUT2D eigenvalue weighted by Crippen LogP contribution is 2.32. The van der Waals surface area contributed by atoms with Gasteiger partial charge in [-0.05, 0) is 26.0 Å². The van der Waals surface area contributed by atoms with Crippen LogP contribution in [0.1, 0.15) is 34.9 Å². The van der Waals surface area contributed by atoms with Crippen molar-refractivity contribution in [3.63, 3.8) is 0 Å². The molecule has 1 aliphatic rings. The molecular weight excluding hydrogens is 404 g/mol. The van der Waals surface area contributed by atoms with E-state index in [9.17, 15) is 4.79 Å². The lowest BCUT2D eigenvalue weighted by atomic mass is 10.2. The van der Waals surface area contributed by atoms with Gasteiger partial charge in [0.1, 0.15) is 5.82 Å². The molecule has 0 bridgehead atoms. The fourth-order valence-electron chi connectivity index (χ4n) is 2.96. The lowest BCUT2D eigenvalue weighted by Gasteiger charge is -2.27. The van der Waals surface area contributed by atoms with Crippen LogP contribution in [0.4, 0.5) is 10.9 Å². The van der Waals surface area contributed by atoms with Crippen LogP contribution in [-0.4, -0.2) is 51.9 Å². The molecule has 3 aromatic heterocycles. The Morgan fingerprint density at radius 1 is 1.17 bits per heavy atom. The highest BCUT2D eigenvalue weighted by atomic mass is 32.1. The molecule has 4 heterocycles. The standard InChI is InChI=1S/C18H20N6OS2.C2H6/c1-11-16(27-12(2)21-11)14-10-26-18(22-14)23-15-4-3-13(9-20-15)17(25)24-7-5-19-6-8-24;1-2/h3-4,9-10,19H,5-8H2,1-2H3,(H,20,22,23);1-2H3. The second-order valence-corrected chi connectivity index (χ2v) is 8.35. The fourth-order valence-corrected chi connectivity index (χ4v) is 4.62. The van der Waals surface area contributed by atoms with Crippen molar-refractivity contribution in [2.45, 2.75) is 27.7 Å². The van der Waals surface area contributed by atoms with E-state index in [4.69, 9.17) is 0 Å². The van der Waals surface area contributed by atoms with Crippen LogP contribution >= 0.6 is 22.7 Å². The van der Waals surface area contributed by atoms with Gasteiger partial charge in [0.15, 0.2) is 5.13 Å². The summed E-state index contributed by atoms with van der Waals surface area (Å²) in [5.41, 5.74) is 2.54.